The maximum atomic E-state index is 13.2. The number of halogens is 1. The highest BCUT2D eigenvalue weighted by Crippen LogP contribution is 2.13. The van der Waals surface area contributed by atoms with E-state index in [1.807, 2.05) is 25.1 Å². The number of benzene rings is 2. The minimum atomic E-state index is -0.324. The van der Waals surface area contributed by atoms with Crippen LogP contribution >= 0.6 is 0 Å². The molecule has 1 atom stereocenters. The Hall–Kier alpha value is -3.07. The number of nitrogens with zero attached hydrogens (tertiary/aromatic N) is 2. The Morgan fingerprint density at radius 3 is 2.76 bits per heavy atom. The summed E-state index contributed by atoms with van der Waals surface area (Å²) in [5.74, 6) is 0.789. The summed E-state index contributed by atoms with van der Waals surface area (Å²) in [5.41, 5.74) is 1.62. The molecule has 2 N–H and O–H groups in total. The van der Waals surface area contributed by atoms with Crippen molar-refractivity contribution >= 4 is 5.96 Å². The molecule has 0 radical (unpaired) electrons. The van der Waals surface area contributed by atoms with Gasteiger partial charge < -0.3 is 15.4 Å². The van der Waals surface area contributed by atoms with Gasteiger partial charge in [0.05, 0.1) is 18.2 Å². The van der Waals surface area contributed by atoms with E-state index in [4.69, 9.17) is 10.00 Å². The van der Waals surface area contributed by atoms with Crippen LogP contribution in [0.2, 0.25) is 0 Å². The highest BCUT2D eigenvalue weighted by Gasteiger charge is 2.06. The van der Waals surface area contributed by atoms with E-state index in [2.05, 4.69) is 21.7 Å². The molecule has 2 rings (SSSR count). The summed E-state index contributed by atoms with van der Waals surface area (Å²) in [7, 11) is 1.68. The topological polar surface area (TPSA) is 69.4 Å². The molecule has 2 aromatic rings. The van der Waals surface area contributed by atoms with Gasteiger partial charge in [0.2, 0.25) is 0 Å². The maximum absolute atomic E-state index is 13.2. The Morgan fingerprint density at radius 2 is 2.04 bits per heavy atom. The van der Waals surface area contributed by atoms with Gasteiger partial charge in [-0.15, -0.1) is 0 Å². The SMILES string of the molecule is CN=C(NCc1cccc(C#N)c1)NCC(C)Oc1cccc(F)c1. The van der Waals surface area contributed by atoms with Crippen LogP contribution < -0.4 is 15.4 Å². The average Bonchev–Trinajstić information content (AvgIpc) is 2.62. The zero-order valence-corrected chi connectivity index (χ0v) is 14.3. The number of nitriles is 1. The van der Waals surface area contributed by atoms with Crippen LogP contribution in [0.3, 0.4) is 0 Å². The maximum Gasteiger partial charge on any atom is 0.191 e. The summed E-state index contributed by atoms with van der Waals surface area (Å²) < 4.78 is 18.8. The van der Waals surface area contributed by atoms with E-state index in [9.17, 15) is 4.39 Å². The van der Waals surface area contributed by atoms with Gasteiger partial charge in [0.15, 0.2) is 5.96 Å². The molecule has 1 unspecified atom stereocenters. The van der Waals surface area contributed by atoms with E-state index in [0.29, 0.717) is 30.4 Å². The Morgan fingerprint density at radius 1 is 1.24 bits per heavy atom. The predicted molar refractivity (Wildman–Crippen MR) is 95.8 cm³/mol. The predicted octanol–water partition coefficient (Wildman–Crippen LogP) is 2.83. The van der Waals surface area contributed by atoms with Crippen molar-refractivity contribution in [2.24, 2.45) is 4.99 Å². The molecule has 0 bridgehead atoms. The summed E-state index contributed by atoms with van der Waals surface area (Å²) in [6.07, 6.45) is -0.165. The summed E-state index contributed by atoms with van der Waals surface area (Å²) in [6.45, 7) is 2.95. The van der Waals surface area contributed by atoms with Gasteiger partial charge in [-0.3, -0.25) is 4.99 Å². The van der Waals surface area contributed by atoms with Crippen molar-refractivity contribution < 1.29 is 9.13 Å². The van der Waals surface area contributed by atoms with Crippen molar-refractivity contribution in [3.8, 4) is 11.8 Å². The van der Waals surface area contributed by atoms with Crippen LogP contribution in [0.1, 0.15) is 18.1 Å². The standard InChI is InChI=1S/C19H21FN4O/c1-14(25-18-8-4-7-17(20)10-18)12-23-19(22-2)24-13-16-6-3-5-15(9-16)11-21/h3-10,14H,12-13H2,1-2H3,(H2,22,23,24). The summed E-state index contributed by atoms with van der Waals surface area (Å²) >= 11 is 0. The number of ether oxygens (including phenoxy) is 1. The molecule has 0 aliphatic rings. The van der Waals surface area contributed by atoms with E-state index in [0.717, 1.165) is 5.56 Å². The fraction of sp³-hybridized carbons (Fsp3) is 0.263. The molecule has 25 heavy (non-hydrogen) atoms. The van der Waals surface area contributed by atoms with E-state index in [-0.39, 0.29) is 11.9 Å². The fourth-order valence-corrected chi connectivity index (χ4v) is 2.21. The summed E-state index contributed by atoms with van der Waals surface area (Å²) in [5, 5.41) is 15.3. The smallest absolute Gasteiger partial charge is 0.191 e. The van der Waals surface area contributed by atoms with Crippen LogP contribution in [0.5, 0.6) is 5.75 Å². The molecule has 0 aliphatic carbocycles. The van der Waals surface area contributed by atoms with Crippen LogP contribution in [0, 0.1) is 17.1 Å². The summed E-state index contributed by atoms with van der Waals surface area (Å²) in [4.78, 5) is 4.15. The Bertz CT molecular complexity index is 770. The van der Waals surface area contributed by atoms with Gasteiger partial charge in [-0.1, -0.05) is 18.2 Å². The Kier molecular flexibility index (Phi) is 6.78. The fourth-order valence-electron chi connectivity index (χ4n) is 2.21. The van der Waals surface area contributed by atoms with E-state index in [1.54, 1.807) is 25.2 Å². The van der Waals surface area contributed by atoms with E-state index >= 15 is 0 Å². The van der Waals surface area contributed by atoms with Crippen molar-refractivity contribution in [2.75, 3.05) is 13.6 Å². The minimum absolute atomic E-state index is 0.165. The molecule has 0 heterocycles. The molecule has 0 saturated heterocycles. The van der Waals surface area contributed by atoms with Gasteiger partial charge in [0.1, 0.15) is 17.7 Å². The molecule has 2 aromatic carbocycles. The van der Waals surface area contributed by atoms with Crippen molar-refractivity contribution in [1.29, 1.82) is 5.26 Å². The number of hydrogen-bond acceptors (Lipinski definition) is 3. The first-order valence-electron chi connectivity index (χ1n) is 7.96. The summed E-state index contributed by atoms with van der Waals surface area (Å²) in [6, 6.07) is 15.6. The Balaban J connectivity index is 1.80. The van der Waals surface area contributed by atoms with Crippen molar-refractivity contribution in [2.45, 2.75) is 19.6 Å². The molecular weight excluding hydrogens is 319 g/mol. The van der Waals surface area contributed by atoms with Crippen LogP contribution in [0.25, 0.3) is 0 Å². The van der Waals surface area contributed by atoms with Crippen molar-refractivity contribution in [1.82, 2.24) is 10.6 Å². The highest BCUT2D eigenvalue weighted by molar-refractivity contribution is 5.79. The molecule has 0 fully saturated rings. The third kappa shape index (κ3) is 6.15. The van der Waals surface area contributed by atoms with Crippen molar-refractivity contribution in [3.05, 3.63) is 65.5 Å². The van der Waals surface area contributed by atoms with Gasteiger partial charge in [-0.05, 0) is 36.8 Å². The van der Waals surface area contributed by atoms with Crippen LogP contribution in [-0.2, 0) is 6.54 Å². The lowest BCUT2D eigenvalue weighted by Gasteiger charge is -2.18. The molecule has 130 valence electrons. The molecule has 5 nitrogen and oxygen atoms in total. The normalized spacial score (nSPS) is 12.2. The van der Waals surface area contributed by atoms with Crippen molar-refractivity contribution in [3.63, 3.8) is 0 Å². The number of rotatable bonds is 6. The number of guanidine groups is 1. The molecule has 0 aromatic heterocycles. The second kappa shape index (κ2) is 9.28. The molecule has 0 amide bonds. The zero-order chi connectivity index (χ0) is 18.1. The first-order valence-corrected chi connectivity index (χ1v) is 7.96. The first-order chi connectivity index (χ1) is 12.1. The van der Waals surface area contributed by atoms with Gasteiger partial charge >= 0.3 is 0 Å². The van der Waals surface area contributed by atoms with E-state index in [1.165, 1.54) is 12.1 Å². The Labute approximate surface area is 147 Å². The average molecular weight is 340 g/mol. The molecular formula is C19H21FN4O. The van der Waals surface area contributed by atoms with Gasteiger partial charge in [0.25, 0.3) is 0 Å². The van der Waals surface area contributed by atoms with Gasteiger partial charge in [-0.2, -0.15) is 5.26 Å². The zero-order valence-electron chi connectivity index (χ0n) is 14.3. The third-order valence-electron chi connectivity index (χ3n) is 3.43. The lowest BCUT2D eigenvalue weighted by molar-refractivity contribution is 0.223. The second-order valence-corrected chi connectivity index (χ2v) is 5.50. The number of aliphatic imine (C=N–C) groups is 1. The largest absolute Gasteiger partial charge is 0.489 e. The minimum Gasteiger partial charge on any atom is -0.489 e. The highest BCUT2D eigenvalue weighted by atomic mass is 19.1. The second-order valence-electron chi connectivity index (χ2n) is 5.50. The van der Waals surface area contributed by atoms with Gasteiger partial charge in [0, 0.05) is 19.7 Å². The third-order valence-corrected chi connectivity index (χ3v) is 3.43. The van der Waals surface area contributed by atoms with Crippen LogP contribution in [0.15, 0.2) is 53.5 Å². The quantitative estimate of drug-likeness (QED) is 0.627. The molecule has 0 aliphatic heterocycles. The number of nitrogens with one attached hydrogen (secondary N) is 2. The molecule has 0 saturated carbocycles. The molecule has 0 spiro atoms. The first kappa shape index (κ1) is 18.3. The lowest BCUT2D eigenvalue weighted by atomic mass is 10.1. The van der Waals surface area contributed by atoms with E-state index < -0.39 is 0 Å². The van der Waals surface area contributed by atoms with Gasteiger partial charge in [-0.25, -0.2) is 4.39 Å². The van der Waals surface area contributed by atoms with Crippen LogP contribution in [0.4, 0.5) is 4.39 Å². The van der Waals surface area contributed by atoms with Crippen LogP contribution in [-0.4, -0.2) is 25.7 Å². The molecule has 6 heteroatoms. The lowest BCUT2D eigenvalue weighted by Crippen LogP contribution is -2.41. The number of hydrogen-bond donors (Lipinski definition) is 2. The monoisotopic (exact) mass is 340 g/mol.